The van der Waals surface area contributed by atoms with Crippen LogP contribution in [0, 0.1) is 0 Å². The Kier molecular flexibility index (Phi) is 8.02. The summed E-state index contributed by atoms with van der Waals surface area (Å²) in [5.74, 6) is 0. The van der Waals surface area contributed by atoms with E-state index in [4.69, 9.17) is 9.16 Å². The predicted octanol–water partition coefficient (Wildman–Crippen LogP) is 4.13. The van der Waals surface area contributed by atoms with Crippen molar-refractivity contribution in [3.63, 3.8) is 0 Å². The molecule has 0 rings (SSSR count). The summed E-state index contributed by atoms with van der Waals surface area (Å²) in [6.07, 6.45) is 5.09. The van der Waals surface area contributed by atoms with Crippen molar-refractivity contribution >= 4 is 14.5 Å². The molecular weight excluding hydrogens is 260 g/mol. The fourth-order valence-electron chi connectivity index (χ4n) is 1.11. The number of ether oxygens (including phenoxy) is 2. The van der Waals surface area contributed by atoms with Crippen LogP contribution in [0.15, 0.2) is 12.2 Å². The molecule has 112 valence electrons. The molecule has 0 aliphatic carbocycles. The molecule has 0 bridgehead atoms. The number of carbonyl (C=O) groups is 1. The maximum Gasteiger partial charge on any atom is 0.508 e. The van der Waals surface area contributed by atoms with E-state index in [-0.39, 0.29) is 11.6 Å². The van der Waals surface area contributed by atoms with Gasteiger partial charge in [-0.05, 0) is 31.0 Å². The number of unbranched alkanes of at least 4 members (excludes halogenated alkanes) is 1. The summed E-state index contributed by atoms with van der Waals surface area (Å²) in [6.45, 7) is 12.3. The molecule has 0 aliphatic rings. The third kappa shape index (κ3) is 8.05. The number of hydrogen-bond acceptors (Lipinski definition) is 4. The average molecular weight is 288 g/mol. The summed E-state index contributed by atoms with van der Waals surface area (Å²) >= 11 is 0. The van der Waals surface area contributed by atoms with Gasteiger partial charge in [0.05, 0.1) is 7.11 Å². The van der Waals surface area contributed by atoms with Gasteiger partial charge in [0.2, 0.25) is 0 Å². The molecule has 0 aromatic carbocycles. The Hall–Kier alpha value is -0.813. The Balaban J connectivity index is 3.66. The lowest BCUT2D eigenvalue weighted by atomic mass is 10.2. The second-order valence-electron chi connectivity index (χ2n) is 5.99. The van der Waals surface area contributed by atoms with E-state index in [2.05, 4.69) is 38.6 Å². The highest BCUT2D eigenvalue weighted by Gasteiger charge is 2.36. The summed E-state index contributed by atoms with van der Waals surface area (Å²) in [6, 6.07) is 0. The molecule has 0 saturated carbocycles. The van der Waals surface area contributed by atoms with Gasteiger partial charge >= 0.3 is 6.16 Å². The van der Waals surface area contributed by atoms with Crippen LogP contribution in [0.2, 0.25) is 18.1 Å². The molecule has 0 radical (unpaired) electrons. The number of methoxy groups -OCH3 is 1. The molecule has 0 aromatic rings. The summed E-state index contributed by atoms with van der Waals surface area (Å²) in [5, 5.41) is 0.261. The smallest absolute Gasteiger partial charge is 0.438 e. The van der Waals surface area contributed by atoms with Crippen LogP contribution in [0.3, 0.4) is 0 Å². The van der Waals surface area contributed by atoms with Gasteiger partial charge in [0, 0.05) is 6.61 Å². The van der Waals surface area contributed by atoms with E-state index in [1.165, 1.54) is 7.11 Å². The molecule has 0 N–H and O–H groups in total. The van der Waals surface area contributed by atoms with E-state index >= 15 is 0 Å². The van der Waals surface area contributed by atoms with Gasteiger partial charge in [0.25, 0.3) is 0 Å². The Morgan fingerprint density at radius 1 is 1.21 bits per heavy atom. The van der Waals surface area contributed by atoms with E-state index < -0.39 is 14.5 Å². The van der Waals surface area contributed by atoms with E-state index in [0.717, 1.165) is 19.4 Å². The van der Waals surface area contributed by atoms with Crippen LogP contribution < -0.4 is 0 Å². The van der Waals surface area contributed by atoms with Gasteiger partial charge in [-0.2, -0.15) is 0 Å². The number of hydrogen-bond donors (Lipinski definition) is 0. The third-order valence-corrected chi connectivity index (χ3v) is 7.95. The highest BCUT2D eigenvalue weighted by Crippen LogP contribution is 2.36. The molecule has 0 heterocycles. The average Bonchev–Trinajstić information content (AvgIpc) is 2.30. The monoisotopic (exact) mass is 288 g/mol. The van der Waals surface area contributed by atoms with Crippen LogP contribution >= 0.6 is 0 Å². The lowest BCUT2D eigenvalue weighted by Gasteiger charge is -2.36. The molecule has 5 heteroatoms. The van der Waals surface area contributed by atoms with E-state index in [9.17, 15) is 4.79 Å². The Bertz CT molecular complexity index is 292. The summed E-state index contributed by atoms with van der Waals surface area (Å²) in [7, 11) is -0.314. The van der Waals surface area contributed by atoms with E-state index in [0.29, 0.717) is 0 Å². The fourth-order valence-corrected chi connectivity index (χ4v) is 2.19. The highest BCUT2D eigenvalue weighted by molar-refractivity contribution is 6.74. The topological polar surface area (TPSA) is 44.8 Å². The van der Waals surface area contributed by atoms with Crippen LogP contribution in [0.25, 0.3) is 0 Å². The number of allylic oxidation sites excluding steroid dienone is 1. The molecule has 0 saturated heterocycles. The van der Waals surface area contributed by atoms with Gasteiger partial charge < -0.3 is 13.9 Å². The molecule has 0 aliphatic heterocycles. The minimum absolute atomic E-state index is 0.260. The molecule has 0 fully saturated rings. The molecule has 0 aromatic heterocycles. The zero-order valence-corrected chi connectivity index (χ0v) is 14.1. The third-order valence-electron chi connectivity index (χ3n) is 3.41. The minimum atomic E-state index is -1.61. The van der Waals surface area contributed by atoms with Crippen LogP contribution in [0.1, 0.15) is 33.6 Å². The SMILES string of the molecule is COC(=O)OC/C=C\CCCO[Si](C)(C)C(C)(C)C. The maximum absolute atomic E-state index is 10.7. The zero-order valence-electron chi connectivity index (χ0n) is 13.1. The van der Waals surface area contributed by atoms with Gasteiger partial charge in [0.1, 0.15) is 6.61 Å². The highest BCUT2D eigenvalue weighted by atomic mass is 28.4. The van der Waals surface area contributed by atoms with E-state index in [1.54, 1.807) is 0 Å². The largest absolute Gasteiger partial charge is 0.508 e. The van der Waals surface area contributed by atoms with Crippen LogP contribution in [0.5, 0.6) is 0 Å². The van der Waals surface area contributed by atoms with Crippen molar-refractivity contribution < 1.29 is 18.7 Å². The molecule has 4 nitrogen and oxygen atoms in total. The first-order chi connectivity index (χ1) is 8.70. The first-order valence-electron chi connectivity index (χ1n) is 6.70. The van der Waals surface area contributed by atoms with Gasteiger partial charge in [-0.15, -0.1) is 0 Å². The Morgan fingerprint density at radius 3 is 2.37 bits per heavy atom. The van der Waals surface area contributed by atoms with Crippen molar-refractivity contribution in [2.24, 2.45) is 0 Å². The van der Waals surface area contributed by atoms with Crippen molar-refractivity contribution in [2.45, 2.75) is 51.7 Å². The predicted molar refractivity (Wildman–Crippen MR) is 79.9 cm³/mol. The minimum Gasteiger partial charge on any atom is -0.438 e. The summed E-state index contributed by atoms with van der Waals surface area (Å²) < 4.78 is 15.1. The van der Waals surface area contributed by atoms with Gasteiger partial charge in [0.15, 0.2) is 8.32 Å². The van der Waals surface area contributed by atoms with Crippen molar-refractivity contribution in [1.82, 2.24) is 0 Å². The number of rotatable bonds is 7. The Morgan fingerprint density at radius 2 is 1.84 bits per heavy atom. The van der Waals surface area contributed by atoms with Gasteiger partial charge in [-0.1, -0.05) is 32.9 Å². The molecule has 0 amide bonds. The molecule has 0 spiro atoms. The second-order valence-corrected chi connectivity index (χ2v) is 10.8. The van der Waals surface area contributed by atoms with Gasteiger partial charge in [-0.25, -0.2) is 4.79 Å². The lowest BCUT2D eigenvalue weighted by Crippen LogP contribution is -2.40. The second kappa shape index (κ2) is 8.38. The quantitative estimate of drug-likeness (QED) is 0.306. The first-order valence-corrected chi connectivity index (χ1v) is 9.61. The normalized spacial score (nSPS) is 12.7. The van der Waals surface area contributed by atoms with E-state index in [1.807, 2.05) is 12.2 Å². The van der Waals surface area contributed by atoms with Crippen molar-refractivity contribution in [2.75, 3.05) is 20.3 Å². The van der Waals surface area contributed by atoms with Crippen LogP contribution in [-0.4, -0.2) is 34.8 Å². The molecule has 0 unspecified atom stereocenters. The van der Waals surface area contributed by atoms with Crippen molar-refractivity contribution in [3.05, 3.63) is 12.2 Å². The maximum atomic E-state index is 10.7. The molecular formula is C14H28O4Si. The molecule has 0 atom stereocenters. The van der Waals surface area contributed by atoms with Crippen molar-refractivity contribution in [3.8, 4) is 0 Å². The standard InChI is InChI=1S/C14H28O4Si/c1-14(2,3)19(5,6)18-12-10-8-7-9-11-17-13(15)16-4/h7,9H,8,10-12H2,1-6H3/b9-7-. The molecule has 19 heavy (non-hydrogen) atoms. The Labute approximate surface area is 118 Å². The van der Waals surface area contributed by atoms with Crippen LogP contribution in [-0.2, 0) is 13.9 Å². The van der Waals surface area contributed by atoms with Gasteiger partial charge in [-0.3, -0.25) is 0 Å². The summed E-state index contributed by atoms with van der Waals surface area (Å²) in [5.41, 5.74) is 0. The fraction of sp³-hybridized carbons (Fsp3) is 0.786. The summed E-state index contributed by atoms with van der Waals surface area (Å²) in [4.78, 5) is 10.7. The van der Waals surface area contributed by atoms with Crippen molar-refractivity contribution in [1.29, 1.82) is 0 Å². The first kappa shape index (κ1) is 18.2. The lowest BCUT2D eigenvalue weighted by molar-refractivity contribution is 0.0817. The van der Waals surface area contributed by atoms with Crippen LogP contribution in [0.4, 0.5) is 4.79 Å². The number of carbonyl (C=O) groups excluding carboxylic acids is 1. The zero-order chi connectivity index (χ0) is 14.9.